The molecule has 0 aliphatic heterocycles. The second-order valence-electron chi connectivity index (χ2n) is 9.15. The molecular weight excluding hydrogens is 548 g/mol. The summed E-state index contributed by atoms with van der Waals surface area (Å²) in [6.07, 6.45) is 1.41. The zero-order valence-corrected chi connectivity index (χ0v) is 24.2. The smallest absolute Gasteiger partial charge is 0.258 e. The maximum atomic E-state index is 13.6. The van der Waals surface area contributed by atoms with Crippen LogP contribution in [0.15, 0.2) is 82.8 Å². The summed E-state index contributed by atoms with van der Waals surface area (Å²) >= 11 is 0. The third-order valence-electron chi connectivity index (χ3n) is 5.62. The number of carbonyl (C=O) groups excluding carboxylic acids is 2. The highest BCUT2D eigenvalue weighted by Crippen LogP contribution is 2.31. The minimum absolute atomic E-state index is 0.0244. The summed E-state index contributed by atoms with van der Waals surface area (Å²) in [6.45, 7) is 3.11. The standard InChI is InChI=1S/C29H34N4O7S/c1-21(2)31-29(35)20-40-24-12-10-22(11-13-24)17-30-32-28(34)19-33(18-23-8-6-5-7-9-23)41(36,37)25-14-15-26(38-3)27(16-25)39-4/h5-17,21H,18-20H2,1-4H3,(H,31,35)(H,32,34)/b30-17+. The minimum atomic E-state index is -4.11. The van der Waals surface area contributed by atoms with Gasteiger partial charge in [-0.2, -0.15) is 9.41 Å². The molecule has 3 rings (SSSR count). The normalized spacial score (nSPS) is 11.5. The van der Waals surface area contributed by atoms with Gasteiger partial charge in [0, 0.05) is 18.7 Å². The number of ether oxygens (including phenoxy) is 3. The zero-order chi connectivity index (χ0) is 29.8. The number of benzene rings is 3. The summed E-state index contributed by atoms with van der Waals surface area (Å²) in [7, 11) is -1.24. The Balaban J connectivity index is 1.68. The van der Waals surface area contributed by atoms with Crippen molar-refractivity contribution in [3.8, 4) is 17.2 Å². The third kappa shape index (κ3) is 9.33. The van der Waals surface area contributed by atoms with Crippen molar-refractivity contribution in [2.45, 2.75) is 31.3 Å². The quantitative estimate of drug-likeness (QED) is 0.220. The molecule has 0 aliphatic rings. The van der Waals surface area contributed by atoms with Crippen LogP contribution in [0.1, 0.15) is 25.0 Å². The molecule has 0 unspecified atom stereocenters. The lowest BCUT2D eigenvalue weighted by atomic mass is 10.2. The van der Waals surface area contributed by atoms with E-state index in [1.165, 1.54) is 38.6 Å². The summed E-state index contributed by atoms with van der Waals surface area (Å²) in [6, 6.07) is 20.0. The molecule has 0 radical (unpaired) electrons. The van der Waals surface area contributed by atoms with E-state index in [0.717, 1.165) is 4.31 Å². The number of sulfonamides is 1. The molecule has 3 aromatic carbocycles. The SMILES string of the molecule is COc1ccc(S(=O)(=O)N(CC(=O)N/N=C/c2ccc(OCC(=O)NC(C)C)cc2)Cc2ccccc2)cc1OC. The van der Waals surface area contributed by atoms with Crippen molar-refractivity contribution in [1.82, 2.24) is 15.0 Å². The van der Waals surface area contributed by atoms with Crippen LogP contribution in [0.3, 0.4) is 0 Å². The molecule has 2 N–H and O–H groups in total. The monoisotopic (exact) mass is 582 g/mol. The van der Waals surface area contributed by atoms with Gasteiger partial charge in [-0.25, -0.2) is 13.8 Å². The Kier molecular flexibility index (Phi) is 11.2. The second kappa shape index (κ2) is 14.8. The fraction of sp³-hybridized carbons (Fsp3) is 0.276. The molecule has 0 saturated heterocycles. The summed E-state index contributed by atoms with van der Waals surface area (Å²) < 4.78 is 44.2. The average molecular weight is 583 g/mol. The van der Waals surface area contributed by atoms with E-state index in [0.29, 0.717) is 22.6 Å². The van der Waals surface area contributed by atoms with Crippen molar-refractivity contribution >= 4 is 28.1 Å². The topological polar surface area (TPSA) is 136 Å². The first-order valence-electron chi connectivity index (χ1n) is 12.7. The van der Waals surface area contributed by atoms with Crippen LogP contribution >= 0.6 is 0 Å². The predicted octanol–water partition coefficient (Wildman–Crippen LogP) is 2.95. The van der Waals surface area contributed by atoms with Gasteiger partial charge in [0.25, 0.3) is 11.8 Å². The van der Waals surface area contributed by atoms with Gasteiger partial charge in [-0.3, -0.25) is 9.59 Å². The molecule has 218 valence electrons. The molecule has 0 aliphatic carbocycles. The molecule has 11 nitrogen and oxygen atoms in total. The Morgan fingerprint density at radius 2 is 1.61 bits per heavy atom. The average Bonchev–Trinajstić information content (AvgIpc) is 2.96. The lowest BCUT2D eigenvalue weighted by Crippen LogP contribution is -2.39. The summed E-state index contributed by atoms with van der Waals surface area (Å²) in [5.74, 6) is 0.282. The van der Waals surface area contributed by atoms with Crippen LogP contribution < -0.4 is 25.0 Å². The first kappa shape index (κ1) is 31.1. The molecule has 0 spiro atoms. The molecule has 0 fully saturated rings. The van der Waals surface area contributed by atoms with Crippen LogP contribution in [-0.4, -0.2) is 64.2 Å². The third-order valence-corrected chi connectivity index (χ3v) is 7.40. The first-order chi connectivity index (χ1) is 19.6. The number of hydrazone groups is 1. The molecule has 41 heavy (non-hydrogen) atoms. The van der Waals surface area contributed by atoms with Gasteiger partial charge >= 0.3 is 0 Å². The van der Waals surface area contributed by atoms with Gasteiger partial charge in [0.05, 0.1) is 31.9 Å². The Morgan fingerprint density at radius 3 is 2.24 bits per heavy atom. The van der Waals surface area contributed by atoms with Gasteiger partial charge in [0.2, 0.25) is 10.0 Å². The van der Waals surface area contributed by atoms with Gasteiger partial charge < -0.3 is 19.5 Å². The van der Waals surface area contributed by atoms with Crippen LogP contribution in [0.5, 0.6) is 17.2 Å². The Hall–Kier alpha value is -4.42. The molecule has 12 heteroatoms. The van der Waals surface area contributed by atoms with E-state index in [2.05, 4.69) is 15.8 Å². The van der Waals surface area contributed by atoms with Crippen molar-refractivity contribution in [2.75, 3.05) is 27.4 Å². The molecule has 2 amide bonds. The highest BCUT2D eigenvalue weighted by atomic mass is 32.2. The summed E-state index contributed by atoms with van der Waals surface area (Å²) in [5.41, 5.74) is 3.74. The van der Waals surface area contributed by atoms with Crippen molar-refractivity contribution in [3.05, 3.63) is 83.9 Å². The molecule has 3 aromatic rings. The molecular formula is C29H34N4O7S. The lowest BCUT2D eigenvalue weighted by Gasteiger charge is -2.22. The van der Waals surface area contributed by atoms with Crippen LogP contribution in [0.2, 0.25) is 0 Å². The summed E-state index contributed by atoms with van der Waals surface area (Å²) in [4.78, 5) is 24.5. The summed E-state index contributed by atoms with van der Waals surface area (Å²) in [5, 5.41) is 6.70. The highest BCUT2D eigenvalue weighted by Gasteiger charge is 2.28. The van der Waals surface area contributed by atoms with Crippen molar-refractivity contribution in [2.24, 2.45) is 5.10 Å². The zero-order valence-electron chi connectivity index (χ0n) is 23.4. The van der Waals surface area contributed by atoms with E-state index in [1.807, 2.05) is 19.9 Å². The predicted molar refractivity (Wildman–Crippen MR) is 155 cm³/mol. The number of nitrogens with one attached hydrogen (secondary N) is 2. The minimum Gasteiger partial charge on any atom is -0.493 e. The molecule has 0 heterocycles. The Bertz CT molecular complexity index is 1440. The van der Waals surface area contributed by atoms with Crippen molar-refractivity contribution < 1.29 is 32.2 Å². The van der Waals surface area contributed by atoms with Crippen molar-refractivity contribution in [1.29, 1.82) is 0 Å². The van der Waals surface area contributed by atoms with E-state index >= 15 is 0 Å². The van der Waals surface area contributed by atoms with E-state index in [-0.39, 0.29) is 35.7 Å². The number of hydrogen-bond acceptors (Lipinski definition) is 8. The maximum Gasteiger partial charge on any atom is 0.258 e. The van der Waals surface area contributed by atoms with E-state index in [9.17, 15) is 18.0 Å². The number of carbonyl (C=O) groups is 2. The van der Waals surface area contributed by atoms with Gasteiger partial charge in [-0.05, 0) is 61.4 Å². The number of methoxy groups -OCH3 is 2. The Morgan fingerprint density at radius 1 is 0.927 bits per heavy atom. The molecule has 0 aromatic heterocycles. The van der Waals surface area contributed by atoms with E-state index < -0.39 is 22.5 Å². The van der Waals surface area contributed by atoms with Gasteiger partial charge in [0.15, 0.2) is 18.1 Å². The maximum absolute atomic E-state index is 13.6. The first-order valence-corrected chi connectivity index (χ1v) is 14.2. The number of amides is 2. The van der Waals surface area contributed by atoms with Crippen molar-refractivity contribution in [3.63, 3.8) is 0 Å². The van der Waals surface area contributed by atoms with E-state index in [4.69, 9.17) is 14.2 Å². The van der Waals surface area contributed by atoms with Crippen LogP contribution in [0.4, 0.5) is 0 Å². The highest BCUT2D eigenvalue weighted by molar-refractivity contribution is 7.89. The Labute approximate surface area is 240 Å². The molecule has 0 bridgehead atoms. The number of nitrogens with zero attached hydrogens (tertiary/aromatic N) is 2. The van der Waals surface area contributed by atoms with Crippen LogP contribution in [0, 0.1) is 0 Å². The van der Waals surface area contributed by atoms with Gasteiger partial charge in [-0.15, -0.1) is 0 Å². The molecule has 0 atom stereocenters. The van der Waals surface area contributed by atoms with E-state index in [1.54, 1.807) is 48.5 Å². The largest absolute Gasteiger partial charge is 0.493 e. The van der Waals surface area contributed by atoms with Crippen LogP contribution in [0.25, 0.3) is 0 Å². The fourth-order valence-electron chi connectivity index (χ4n) is 3.68. The number of rotatable bonds is 14. The van der Waals surface area contributed by atoms with Gasteiger partial charge in [-0.1, -0.05) is 30.3 Å². The molecule has 0 saturated carbocycles. The second-order valence-corrected chi connectivity index (χ2v) is 11.1. The lowest BCUT2D eigenvalue weighted by molar-refractivity contribution is -0.123. The van der Waals surface area contributed by atoms with Gasteiger partial charge in [0.1, 0.15) is 5.75 Å². The van der Waals surface area contributed by atoms with Crippen LogP contribution in [-0.2, 0) is 26.2 Å². The fourth-order valence-corrected chi connectivity index (χ4v) is 5.08. The number of hydrogen-bond donors (Lipinski definition) is 2.